The number of carbonyl (C=O) groups excluding carboxylic acids is 2. The molecule has 0 bridgehead atoms. The second-order valence-electron chi connectivity index (χ2n) is 8.33. The van der Waals surface area contributed by atoms with Crippen LogP contribution < -0.4 is 5.32 Å². The number of nitrogens with one attached hydrogen (secondary N) is 1. The van der Waals surface area contributed by atoms with Crippen LogP contribution in [0.2, 0.25) is 5.02 Å². The van der Waals surface area contributed by atoms with Crippen LogP contribution in [-0.4, -0.2) is 80.6 Å². The summed E-state index contributed by atoms with van der Waals surface area (Å²) in [5.74, 6) is -0.619. The lowest BCUT2D eigenvalue weighted by atomic mass is 10.0. The number of carbonyl (C=O) groups is 2. The smallest absolute Gasteiger partial charge is 0.251 e. The largest absolute Gasteiger partial charge is 0.348 e. The lowest BCUT2D eigenvalue weighted by molar-refractivity contribution is -0.130. The van der Waals surface area contributed by atoms with Gasteiger partial charge in [0.25, 0.3) is 5.91 Å². The first-order valence-electron chi connectivity index (χ1n) is 10.9. The SMILES string of the molecule is CC(=O)N1CCN(CC(C)NC(=O)c2cc(-c3ccc(F)cc3Cl)cc(-n3cnnn3)c2)CC1. The molecular formula is C23H25ClFN7O2. The van der Waals surface area contributed by atoms with E-state index in [1.807, 2.05) is 11.8 Å². The maximum absolute atomic E-state index is 13.6. The molecule has 1 aromatic heterocycles. The van der Waals surface area contributed by atoms with Crippen molar-refractivity contribution in [3.8, 4) is 16.8 Å². The van der Waals surface area contributed by atoms with Gasteiger partial charge in [-0.15, -0.1) is 5.10 Å². The number of benzene rings is 2. The van der Waals surface area contributed by atoms with Crippen LogP contribution in [0.5, 0.6) is 0 Å². The molecule has 178 valence electrons. The van der Waals surface area contributed by atoms with Crippen LogP contribution in [-0.2, 0) is 4.79 Å². The summed E-state index contributed by atoms with van der Waals surface area (Å²) in [6.07, 6.45) is 1.43. The van der Waals surface area contributed by atoms with Crippen molar-refractivity contribution in [1.82, 2.24) is 35.3 Å². The van der Waals surface area contributed by atoms with E-state index in [1.54, 1.807) is 31.2 Å². The number of nitrogens with zero attached hydrogens (tertiary/aromatic N) is 6. The quantitative estimate of drug-likeness (QED) is 0.576. The van der Waals surface area contributed by atoms with Gasteiger partial charge in [-0.1, -0.05) is 11.6 Å². The Hall–Kier alpha value is -3.37. The first-order chi connectivity index (χ1) is 16.3. The van der Waals surface area contributed by atoms with Crippen LogP contribution in [0, 0.1) is 5.82 Å². The zero-order valence-electron chi connectivity index (χ0n) is 18.9. The van der Waals surface area contributed by atoms with Gasteiger partial charge in [0.2, 0.25) is 5.91 Å². The number of rotatable bonds is 6. The number of hydrogen-bond acceptors (Lipinski definition) is 6. The molecule has 3 aromatic rings. The van der Waals surface area contributed by atoms with Gasteiger partial charge in [0, 0.05) is 56.8 Å². The number of tetrazole rings is 1. The molecule has 11 heteroatoms. The van der Waals surface area contributed by atoms with Gasteiger partial charge in [0.15, 0.2) is 0 Å². The Balaban J connectivity index is 1.52. The van der Waals surface area contributed by atoms with Crippen molar-refractivity contribution >= 4 is 23.4 Å². The molecule has 2 aromatic carbocycles. The predicted octanol–water partition coefficient (Wildman–Crippen LogP) is 2.40. The van der Waals surface area contributed by atoms with Crippen LogP contribution in [0.15, 0.2) is 42.7 Å². The highest BCUT2D eigenvalue weighted by Gasteiger charge is 2.21. The van der Waals surface area contributed by atoms with Crippen LogP contribution in [0.1, 0.15) is 24.2 Å². The summed E-state index contributed by atoms with van der Waals surface area (Å²) < 4.78 is 15.0. The fraction of sp³-hybridized carbons (Fsp3) is 0.348. The third-order valence-electron chi connectivity index (χ3n) is 5.76. The van der Waals surface area contributed by atoms with Gasteiger partial charge in [-0.05, 0) is 59.3 Å². The van der Waals surface area contributed by atoms with Crippen LogP contribution in [0.4, 0.5) is 4.39 Å². The van der Waals surface area contributed by atoms with E-state index in [0.29, 0.717) is 42.0 Å². The van der Waals surface area contributed by atoms with Crippen LogP contribution in [0.3, 0.4) is 0 Å². The summed E-state index contributed by atoms with van der Waals surface area (Å²) in [6.45, 7) is 7.09. The molecule has 1 N–H and O–H groups in total. The Labute approximate surface area is 201 Å². The highest BCUT2D eigenvalue weighted by Crippen LogP contribution is 2.31. The molecule has 0 saturated carbocycles. The average molecular weight is 486 g/mol. The van der Waals surface area contributed by atoms with Gasteiger partial charge < -0.3 is 10.2 Å². The third kappa shape index (κ3) is 5.57. The van der Waals surface area contributed by atoms with Gasteiger partial charge in [-0.3, -0.25) is 14.5 Å². The summed E-state index contributed by atoms with van der Waals surface area (Å²) in [4.78, 5) is 28.7. The van der Waals surface area contributed by atoms with Gasteiger partial charge in [0.05, 0.1) is 10.7 Å². The Morgan fingerprint density at radius 2 is 1.91 bits per heavy atom. The maximum Gasteiger partial charge on any atom is 0.251 e. The lowest BCUT2D eigenvalue weighted by Gasteiger charge is -2.35. The highest BCUT2D eigenvalue weighted by molar-refractivity contribution is 6.33. The Morgan fingerprint density at radius 3 is 2.56 bits per heavy atom. The average Bonchev–Trinajstić information content (AvgIpc) is 3.34. The van der Waals surface area contributed by atoms with Crippen molar-refractivity contribution in [2.24, 2.45) is 0 Å². The molecule has 1 aliphatic rings. The minimum Gasteiger partial charge on any atom is -0.348 e. The molecule has 2 amide bonds. The minimum atomic E-state index is -0.443. The van der Waals surface area contributed by atoms with E-state index in [1.165, 1.54) is 23.1 Å². The lowest BCUT2D eigenvalue weighted by Crippen LogP contribution is -2.51. The third-order valence-corrected chi connectivity index (χ3v) is 6.08. The molecule has 0 radical (unpaired) electrons. The molecule has 0 aliphatic carbocycles. The van der Waals surface area contributed by atoms with Crippen molar-refractivity contribution in [1.29, 1.82) is 0 Å². The molecule has 4 rings (SSSR count). The maximum atomic E-state index is 13.6. The Kier molecular flexibility index (Phi) is 7.18. The molecule has 0 spiro atoms. The molecule has 1 unspecified atom stereocenters. The molecule has 1 aliphatic heterocycles. The molecule has 2 heterocycles. The molecule has 1 saturated heterocycles. The standard InChI is InChI=1S/C23H25ClFN7O2/c1-15(13-30-5-7-31(8-6-30)16(2)33)27-23(34)18-9-17(21-4-3-19(25)12-22(21)24)10-20(11-18)32-14-26-28-29-32/h3-4,9-12,14-15H,5-8,13H2,1-2H3,(H,27,34). The summed E-state index contributed by atoms with van der Waals surface area (Å²) in [7, 11) is 0. The fourth-order valence-electron chi connectivity index (χ4n) is 4.02. The van der Waals surface area contributed by atoms with Crippen LogP contribution >= 0.6 is 11.6 Å². The Bertz CT molecular complexity index is 1180. The topological polar surface area (TPSA) is 96.2 Å². The first kappa shape index (κ1) is 23.8. The molecule has 1 fully saturated rings. The minimum absolute atomic E-state index is 0.0838. The van der Waals surface area contributed by atoms with Crippen molar-refractivity contribution < 1.29 is 14.0 Å². The van der Waals surface area contributed by atoms with E-state index in [-0.39, 0.29) is 22.9 Å². The van der Waals surface area contributed by atoms with Crippen molar-refractivity contribution in [2.45, 2.75) is 19.9 Å². The number of hydrogen-bond donors (Lipinski definition) is 1. The van der Waals surface area contributed by atoms with E-state index < -0.39 is 5.82 Å². The van der Waals surface area contributed by atoms with E-state index in [2.05, 4.69) is 25.7 Å². The monoisotopic (exact) mass is 485 g/mol. The van der Waals surface area contributed by atoms with E-state index in [9.17, 15) is 14.0 Å². The van der Waals surface area contributed by atoms with Gasteiger partial charge in [-0.2, -0.15) is 0 Å². The van der Waals surface area contributed by atoms with E-state index >= 15 is 0 Å². The van der Waals surface area contributed by atoms with Gasteiger partial charge >= 0.3 is 0 Å². The van der Waals surface area contributed by atoms with Gasteiger partial charge in [0.1, 0.15) is 12.1 Å². The Morgan fingerprint density at radius 1 is 1.15 bits per heavy atom. The number of halogens is 2. The van der Waals surface area contributed by atoms with Gasteiger partial charge in [-0.25, -0.2) is 9.07 Å². The summed E-state index contributed by atoms with van der Waals surface area (Å²) >= 11 is 6.28. The van der Waals surface area contributed by atoms with Crippen molar-refractivity contribution in [3.63, 3.8) is 0 Å². The van der Waals surface area contributed by atoms with Crippen molar-refractivity contribution in [3.05, 3.63) is 59.1 Å². The van der Waals surface area contributed by atoms with Crippen LogP contribution in [0.25, 0.3) is 16.8 Å². The second kappa shape index (κ2) is 10.3. The molecule has 1 atom stereocenters. The number of piperazine rings is 1. The number of amides is 2. The normalized spacial score (nSPS) is 15.2. The second-order valence-corrected chi connectivity index (χ2v) is 8.74. The van der Waals surface area contributed by atoms with E-state index in [0.717, 1.165) is 13.1 Å². The highest BCUT2D eigenvalue weighted by atomic mass is 35.5. The predicted molar refractivity (Wildman–Crippen MR) is 125 cm³/mol. The molecular weight excluding hydrogens is 461 g/mol. The summed E-state index contributed by atoms with van der Waals surface area (Å²) in [6, 6.07) is 9.18. The fourth-order valence-corrected chi connectivity index (χ4v) is 4.29. The molecule has 34 heavy (non-hydrogen) atoms. The zero-order chi connectivity index (χ0) is 24.2. The van der Waals surface area contributed by atoms with Crippen molar-refractivity contribution in [2.75, 3.05) is 32.7 Å². The summed E-state index contributed by atoms with van der Waals surface area (Å²) in [5.41, 5.74) is 2.19. The molecule has 9 nitrogen and oxygen atoms in total. The van der Waals surface area contributed by atoms with E-state index in [4.69, 9.17) is 11.6 Å². The summed E-state index contributed by atoms with van der Waals surface area (Å²) in [5, 5.41) is 14.5. The number of aromatic nitrogens is 4. The first-order valence-corrected chi connectivity index (χ1v) is 11.3. The zero-order valence-corrected chi connectivity index (χ0v) is 19.7.